The van der Waals surface area contributed by atoms with Gasteiger partial charge in [-0.05, 0) is 73.5 Å². The minimum Gasteiger partial charge on any atom is -0.423 e. The molecule has 0 bridgehead atoms. The van der Waals surface area contributed by atoms with Crippen molar-refractivity contribution in [2.45, 2.75) is 63.1 Å². The highest BCUT2D eigenvalue weighted by Crippen LogP contribution is 2.38. The maximum absolute atomic E-state index is 14.6. The van der Waals surface area contributed by atoms with Gasteiger partial charge in [0.1, 0.15) is 46.5 Å². The first-order valence-electron chi connectivity index (χ1n) is 20.8. The summed E-state index contributed by atoms with van der Waals surface area (Å²) in [5.41, 5.74) is 14.0. The quantitative estimate of drug-likeness (QED) is 0.0648. The van der Waals surface area contributed by atoms with Crippen LogP contribution in [0.3, 0.4) is 0 Å². The van der Waals surface area contributed by atoms with Gasteiger partial charge in [0, 0.05) is 66.2 Å². The predicted octanol–water partition coefficient (Wildman–Crippen LogP) is 4.62. The van der Waals surface area contributed by atoms with Gasteiger partial charge < -0.3 is 41.4 Å². The van der Waals surface area contributed by atoms with Crippen LogP contribution in [0.15, 0.2) is 104 Å². The number of primary amides is 2. The van der Waals surface area contributed by atoms with Crippen LogP contribution in [0.25, 0.3) is 44.2 Å². The number of amides is 4. The molecule has 1 aliphatic carbocycles. The van der Waals surface area contributed by atoms with E-state index >= 15 is 0 Å². The van der Waals surface area contributed by atoms with Crippen LogP contribution in [0.1, 0.15) is 81.0 Å². The lowest BCUT2D eigenvalue weighted by atomic mass is 9.94. The molecule has 1 saturated carbocycles. The summed E-state index contributed by atoms with van der Waals surface area (Å²) in [6.07, 6.45) is 12.8. The normalized spacial score (nSPS) is 14.0. The zero-order valence-corrected chi connectivity index (χ0v) is 34.3. The highest BCUT2D eigenvalue weighted by Gasteiger charge is 2.31. The number of hydrogen-bond acceptors (Lipinski definition) is 11. The van der Waals surface area contributed by atoms with E-state index < -0.39 is 41.7 Å². The second kappa shape index (κ2) is 17.6. The van der Waals surface area contributed by atoms with Crippen molar-refractivity contribution in [3.05, 3.63) is 132 Å². The molecular weight excluding hydrogens is 817 g/mol. The van der Waals surface area contributed by atoms with Crippen molar-refractivity contribution in [1.29, 1.82) is 0 Å². The first-order chi connectivity index (χ1) is 31.1. The SMILES string of the molecule is NC(=O)C(Cc1ncc[nH]1)NC(=O)c1ccc2cc(-c3nc4c(C(=O)NC(Cc5ncc[nH]5)C(N)=O)c(C(=O)Oc5ccc6ncccc6c5)ccc4n3C3CCCCC3)ccc2n1. The molecule has 3 aromatic carbocycles. The first-order valence-corrected chi connectivity index (χ1v) is 20.8. The number of H-pyrrole nitrogens is 2. The third kappa shape index (κ3) is 8.48. The molecule has 0 aliphatic heterocycles. The molecule has 0 radical (unpaired) electrons. The molecule has 2 atom stereocenters. The van der Waals surface area contributed by atoms with Gasteiger partial charge in [-0.15, -0.1) is 0 Å². The van der Waals surface area contributed by atoms with E-state index in [9.17, 15) is 24.0 Å². The van der Waals surface area contributed by atoms with E-state index in [4.69, 9.17) is 21.2 Å². The minimum absolute atomic E-state index is 0.00488. The monoisotopic (exact) mass is 858 g/mol. The van der Waals surface area contributed by atoms with Crippen molar-refractivity contribution in [3.63, 3.8) is 0 Å². The number of pyridine rings is 2. The molecule has 8 N–H and O–H groups in total. The van der Waals surface area contributed by atoms with Crippen LogP contribution in [0.5, 0.6) is 5.75 Å². The number of carbonyl (C=O) groups excluding carboxylic acids is 5. The Kier molecular flexibility index (Phi) is 11.3. The van der Waals surface area contributed by atoms with Crippen LogP contribution >= 0.6 is 0 Å². The highest BCUT2D eigenvalue weighted by atomic mass is 16.5. The maximum Gasteiger partial charge on any atom is 0.344 e. The maximum atomic E-state index is 14.6. The van der Waals surface area contributed by atoms with Crippen LogP contribution in [0, 0.1) is 0 Å². The lowest BCUT2D eigenvalue weighted by Crippen LogP contribution is -2.46. The fraction of sp³-hybridized carbons (Fsp3) is 0.217. The number of fused-ring (bicyclic) bond motifs is 3. The molecule has 18 nitrogen and oxygen atoms in total. The summed E-state index contributed by atoms with van der Waals surface area (Å²) in [4.78, 5) is 95.4. The fourth-order valence-corrected chi connectivity index (χ4v) is 8.26. The van der Waals surface area contributed by atoms with Gasteiger partial charge in [0.2, 0.25) is 11.8 Å². The molecule has 5 aromatic heterocycles. The number of rotatable bonds is 14. The number of nitrogens with zero attached hydrogens (tertiary/aromatic N) is 6. The number of esters is 1. The molecule has 322 valence electrons. The fourth-order valence-electron chi connectivity index (χ4n) is 8.26. The Morgan fingerprint density at radius 3 is 2.09 bits per heavy atom. The van der Waals surface area contributed by atoms with Gasteiger partial charge in [0.15, 0.2) is 0 Å². The second-order valence-corrected chi connectivity index (χ2v) is 15.6. The molecule has 0 saturated heterocycles. The Labute approximate surface area is 364 Å². The van der Waals surface area contributed by atoms with E-state index in [0.717, 1.165) is 37.5 Å². The molecular formula is C46H42N12O6. The third-order valence-electron chi connectivity index (χ3n) is 11.4. The molecule has 1 aliphatic rings. The lowest BCUT2D eigenvalue weighted by molar-refractivity contribution is -0.120. The first kappa shape index (κ1) is 41.1. The molecule has 8 aromatic rings. The van der Waals surface area contributed by atoms with Gasteiger partial charge in [-0.25, -0.2) is 24.7 Å². The van der Waals surface area contributed by atoms with Crippen molar-refractivity contribution >= 4 is 62.4 Å². The third-order valence-corrected chi connectivity index (χ3v) is 11.4. The Hall–Kier alpha value is -8.28. The summed E-state index contributed by atoms with van der Waals surface area (Å²) in [5, 5.41) is 6.85. The van der Waals surface area contributed by atoms with Gasteiger partial charge >= 0.3 is 5.97 Å². The van der Waals surface area contributed by atoms with Gasteiger partial charge in [-0.3, -0.25) is 24.2 Å². The molecule has 0 spiro atoms. The molecule has 4 amide bonds. The standard InChI is InChI=1S/C46H42N12O6/c47-41(59)34(23-37-50-17-18-51-37)55-44(61)33-13-8-26-21-27(9-12-32(26)54-33)43-57-40-36(58(43)28-6-2-1-3-7-28)15-11-30(46(63)64-29-10-14-31-25(22-29)5-4-16-49-31)39(40)45(62)56-35(42(48)60)24-38-52-19-20-53-38/h4-5,8-22,28,34-35H,1-3,6-7,23-24H2,(H2,47,59)(H2,48,60)(H,50,51)(H,52,53)(H,55,61)(H,56,62). The summed E-state index contributed by atoms with van der Waals surface area (Å²) in [6.45, 7) is 0. The van der Waals surface area contributed by atoms with Crippen LogP contribution in [0.4, 0.5) is 0 Å². The molecule has 64 heavy (non-hydrogen) atoms. The van der Waals surface area contributed by atoms with Gasteiger partial charge in [0.25, 0.3) is 11.8 Å². The largest absolute Gasteiger partial charge is 0.423 e. The molecule has 2 unspecified atom stereocenters. The number of nitrogens with one attached hydrogen (secondary N) is 4. The summed E-state index contributed by atoms with van der Waals surface area (Å²) in [6, 6.07) is 18.6. The van der Waals surface area contributed by atoms with Gasteiger partial charge in [-0.1, -0.05) is 31.4 Å². The van der Waals surface area contributed by atoms with E-state index in [1.807, 2.05) is 18.2 Å². The number of imidazole rings is 3. The van der Waals surface area contributed by atoms with E-state index in [1.165, 1.54) is 6.20 Å². The number of aromatic amines is 2. The van der Waals surface area contributed by atoms with Gasteiger partial charge in [-0.2, -0.15) is 0 Å². The van der Waals surface area contributed by atoms with Gasteiger partial charge in [0.05, 0.1) is 27.7 Å². The Morgan fingerprint density at radius 1 is 0.719 bits per heavy atom. The summed E-state index contributed by atoms with van der Waals surface area (Å²) < 4.78 is 8.02. The number of nitrogens with two attached hydrogens (primary N) is 2. The van der Waals surface area contributed by atoms with E-state index in [0.29, 0.717) is 45.0 Å². The number of aromatic nitrogens is 8. The summed E-state index contributed by atoms with van der Waals surface area (Å²) >= 11 is 0. The van der Waals surface area contributed by atoms with Crippen molar-refractivity contribution < 1.29 is 28.7 Å². The van der Waals surface area contributed by atoms with E-state index in [1.54, 1.807) is 79.4 Å². The van der Waals surface area contributed by atoms with Crippen molar-refractivity contribution in [2.75, 3.05) is 0 Å². The van der Waals surface area contributed by atoms with E-state index in [-0.39, 0.29) is 47.0 Å². The topological polar surface area (TPSA) is 272 Å². The Bertz CT molecular complexity index is 3070. The number of ether oxygens (including phenoxy) is 1. The Morgan fingerprint density at radius 2 is 1.41 bits per heavy atom. The van der Waals surface area contributed by atoms with Crippen LogP contribution in [-0.4, -0.2) is 81.1 Å². The van der Waals surface area contributed by atoms with Crippen molar-refractivity contribution in [2.24, 2.45) is 11.5 Å². The van der Waals surface area contributed by atoms with Crippen molar-refractivity contribution in [1.82, 2.24) is 50.1 Å². The molecule has 9 rings (SSSR count). The molecule has 1 fully saturated rings. The summed E-state index contributed by atoms with van der Waals surface area (Å²) in [5.74, 6) is -1.98. The van der Waals surface area contributed by atoms with E-state index in [2.05, 4.69) is 45.1 Å². The second-order valence-electron chi connectivity index (χ2n) is 15.6. The average molecular weight is 859 g/mol. The molecule has 5 heterocycles. The highest BCUT2D eigenvalue weighted by molar-refractivity contribution is 6.14. The van der Waals surface area contributed by atoms with Crippen molar-refractivity contribution in [3.8, 4) is 17.1 Å². The van der Waals surface area contributed by atoms with Crippen LogP contribution in [0.2, 0.25) is 0 Å². The number of carbonyl (C=O) groups is 5. The number of hydrogen-bond donors (Lipinski definition) is 6. The molecule has 18 heteroatoms. The summed E-state index contributed by atoms with van der Waals surface area (Å²) in [7, 11) is 0. The lowest BCUT2D eigenvalue weighted by Gasteiger charge is -2.26. The number of benzene rings is 3. The Balaban J connectivity index is 1.12. The minimum atomic E-state index is -1.19. The zero-order valence-electron chi connectivity index (χ0n) is 34.3. The van der Waals surface area contributed by atoms with Crippen LogP contribution < -0.4 is 26.8 Å². The smallest absolute Gasteiger partial charge is 0.344 e. The van der Waals surface area contributed by atoms with Crippen LogP contribution in [-0.2, 0) is 22.4 Å². The predicted molar refractivity (Wildman–Crippen MR) is 235 cm³/mol. The zero-order chi connectivity index (χ0) is 44.3. The average Bonchev–Trinajstić information content (AvgIpc) is 4.10.